The molecule has 2 heterocycles. The maximum absolute atomic E-state index is 13.0. The van der Waals surface area contributed by atoms with Crippen LogP contribution in [0.3, 0.4) is 0 Å². The second-order valence-corrected chi connectivity index (χ2v) is 6.97. The number of halogens is 1. The molecule has 0 spiro atoms. The van der Waals surface area contributed by atoms with Gasteiger partial charge in [0.1, 0.15) is 18.2 Å². The second kappa shape index (κ2) is 8.88. The largest absolute Gasteiger partial charge is 0.489 e. The molecule has 152 valence electrons. The zero-order valence-corrected chi connectivity index (χ0v) is 16.6. The van der Waals surface area contributed by atoms with Gasteiger partial charge in [-0.25, -0.2) is 4.39 Å². The first kappa shape index (κ1) is 19.8. The molecule has 0 radical (unpaired) electrons. The van der Waals surface area contributed by atoms with Crippen LogP contribution in [0.15, 0.2) is 77.9 Å². The number of rotatable bonds is 7. The summed E-state index contributed by atoms with van der Waals surface area (Å²) in [5.41, 5.74) is 2.38. The molecule has 4 rings (SSSR count). The Morgan fingerprint density at radius 1 is 1.03 bits per heavy atom. The molecule has 0 aliphatic heterocycles. The van der Waals surface area contributed by atoms with E-state index in [2.05, 4.69) is 23.3 Å². The quantitative estimate of drug-likeness (QED) is 0.502. The van der Waals surface area contributed by atoms with Gasteiger partial charge in [-0.3, -0.25) is 14.3 Å². The van der Waals surface area contributed by atoms with E-state index in [1.54, 1.807) is 29.0 Å². The molecule has 0 saturated carbocycles. The molecule has 4 aromatic rings. The predicted octanol–water partition coefficient (Wildman–Crippen LogP) is 4.21. The van der Waals surface area contributed by atoms with Gasteiger partial charge in [-0.2, -0.15) is 0 Å². The van der Waals surface area contributed by atoms with Gasteiger partial charge in [-0.15, -0.1) is 0 Å². The van der Waals surface area contributed by atoms with Gasteiger partial charge in [-0.1, -0.05) is 25.1 Å². The lowest BCUT2D eigenvalue weighted by molar-refractivity contribution is 0.305. The molecule has 0 amide bonds. The van der Waals surface area contributed by atoms with Crippen LogP contribution < -0.4 is 15.6 Å². The highest BCUT2D eigenvalue weighted by atomic mass is 19.1. The van der Waals surface area contributed by atoms with Gasteiger partial charge in [0.25, 0.3) is 5.56 Å². The SMILES string of the molecule is CCNCc1cc2ccc(-n3ccc(OCc4ccc(F)cc4)cc3=O)cc2cn1. The number of benzene rings is 2. The van der Waals surface area contributed by atoms with Gasteiger partial charge in [-0.05, 0) is 53.9 Å². The van der Waals surface area contributed by atoms with Crippen LogP contribution in [0.25, 0.3) is 16.5 Å². The first-order valence-corrected chi connectivity index (χ1v) is 9.82. The summed E-state index contributed by atoms with van der Waals surface area (Å²) in [6.07, 6.45) is 3.52. The lowest BCUT2D eigenvalue weighted by Gasteiger charge is -2.10. The Morgan fingerprint density at radius 3 is 2.63 bits per heavy atom. The Bertz CT molecular complexity index is 1220. The van der Waals surface area contributed by atoms with Crippen LogP contribution in [-0.2, 0) is 13.2 Å². The molecular formula is C24H22FN3O2. The Kier molecular flexibility index (Phi) is 5.86. The zero-order chi connectivity index (χ0) is 20.9. The lowest BCUT2D eigenvalue weighted by Crippen LogP contribution is -2.16. The van der Waals surface area contributed by atoms with Crippen LogP contribution >= 0.6 is 0 Å². The van der Waals surface area contributed by atoms with Crippen molar-refractivity contribution in [2.24, 2.45) is 0 Å². The minimum Gasteiger partial charge on any atom is -0.489 e. The van der Waals surface area contributed by atoms with Crippen molar-refractivity contribution in [2.75, 3.05) is 6.54 Å². The standard InChI is InChI=1S/C24H22FN3O2/c1-2-26-15-21-11-18-5-8-22(12-19(18)14-27-21)28-10-9-23(13-24(28)29)30-16-17-3-6-20(25)7-4-17/h3-14,26H,2,15-16H2,1H3. The van der Waals surface area contributed by atoms with Crippen molar-refractivity contribution in [1.29, 1.82) is 0 Å². The molecule has 2 aromatic heterocycles. The third-order valence-corrected chi connectivity index (χ3v) is 4.81. The minimum absolute atomic E-state index is 0.192. The third-order valence-electron chi connectivity index (χ3n) is 4.81. The molecule has 0 unspecified atom stereocenters. The first-order chi connectivity index (χ1) is 14.6. The van der Waals surface area contributed by atoms with Crippen LogP contribution in [0.5, 0.6) is 5.75 Å². The highest BCUT2D eigenvalue weighted by molar-refractivity contribution is 5.84. The molecule has 0 aliphatic rings. The summed E-state index contributed by atoms with van der Waals surface area (Å²) < 4.78 is 20.2. The van der Waals surface area contributed by atoms with E-state index in [1.165, 1.54) is 18.2 Å². The van der Waals surface area contributed by atoms with Crippen molar-refractivity contribution >= 4 is 10.8 Å². The van der Waals surface area contributed by atoms with E-state index >= 15 is 0 Å². The molecule has 0 aliphatic carbocycles. The van der Waals surface area contributed by atoms with Crippen LogP contribution in [-0.4, -0.2) is 16.1 Å². The van der Waals surface area contributed by atoms with Gasteiger partial charge in [0.2, 0.25) is 0 Å². The topological polar surface area (TPSA) is 56.2 Å². The van der Waals surface area contributed by atoms with E-state index in [-0.39, 0.29) is 18.0 Å². The molecule has 0 atom stereocenters. The molecule has 0 saturated heterocycles. The smallest absolute Gasteiger partial charge is 0.258 e. The normalized spacial score (nSPS) is 11.0. The molecule has 0 bridgehead atoms. The molecule has 6 heteroatoms. The van der Waals surface area contributed by atoms with Crippen molar-refractivity contribution < 1.29 is 9.13 Å². The number of nitrogens with zero attached hydrogens (tertiary/aromatic N) is 2. The van der Waals surface area contributed by atoms with Crippen molar-refractivity contribution in [3.05, 3.63) is 100 Å². The molecule has 1 N–H and O–H groups in total. The van der Waals surface area contributed by atoms with Gasteiger partial charge in [0.15, 0.2) is 0 Å². The average molecular weight is 403 g/mol. The number of nitrogens with one attached hydrogen (secondary N) is 1. The summed E-state index contributed by atoms with van der Waals surface area (Å²) in [5.74, 6) is 0.178. The van der Waals surface area contributed by atoms with Gasteiger partial charge in [0, 0.05) is 36.1 Å². The van der Waals surface area contributed by atoms with Crippen molar-refractivity contribution in [2.45, 2.75) is 20.1 Å². The number of hydrogen-bond donors (Lipinski definition) is 1. The van der Waals surface area contributed by atoms with Gasteiger partial charge < -0.3 is 10.1 Å². The second-order valence-electron chi connectivity index (χ2n) is 6.97. The van der Waals surface area contributed by atoms with Crippen LogP contribution in [0.1, 0.15) is 18.2 Å². The first-order valence-electron chi connectivity index (χ1n) is 9.82. The minimum atomic E-state index is -0.291. The Labute approximate surface area is 173 Å². The van der Waals surface area contributed by atoms with Crippen molar-refractivity contribution in [1.82, 2.24) is 14.9 Å². The highest BCUT2D eigenvalue weighted by Gasteiger charge is 2.05. The maximum atomic E-state index is 13.0. The summed E-state index contributed by atoms with van der Waals surface area (Å²) in [6.45, 7) is 3.95. The average Bonchev–Trinajstić information content (AvgIpc) is 2.77. The highest BCUT2D eigenvalue weighted by Crippen LogP contribution is 2.19. The van der Waals surface area contributed by atoms with Crippen molar-refractivity contribution in [3.63, 3.8) is 0 Å². The third kappa shape index (κ3) is 4.55. The van der Waals surface area contributed by atoms with Gasteiger partial charge in [0.05, 0.1) is 5.69 Å². The monoisotopic (exact) mass is 403 g/mol. The fourth-order valence-corrected chi connectivity index (χ4v) is 3.19. The van der Waals surface area contributed by atoms with E-state index in [0.29, 0.717) is 5.75 Å². The summed E-state index contributed by atoms with van der Waals surface area (Å²) in [5, 5.41) is 5.31. The van der Waals surface area contributed by atoms with E-state index in [1.807, 2.05) is 24.4 Å². The zero-order valence-electron chi connectivity index (χ0n) is 16.6. The summed E-state index contributed by atoms with van der Waals surface area (Å²) in [6, 6.07) is 17.2. The number of fused-ring (bicyclic) bond motifs is 1. The van der Waals surface area contributed by atoms with E-state index in [4.69, 9.17) is 4.74 Å². The molecule has 0 fully saturated rings. The molecule has 5 nitrogen and oxygen atoms in total. The summed E-state index contributed by atoms with van der Waals surface area (Å²) >= 11 is 0. The Balaban J connectivity index is 1.52. The van der Waals surface area contributed by atoms with E-state index < -0.39 is 0 Å². The van der Waals surface area contributed by atoms with Crippen molar-refractivity contribution in [3.8, 4) is 11.4 Å². The Morgan fingerprint density at radius 2 is 1.87 bits per heavy atom. The van der Waals surface area contributed by atoms with Crippen LogP contribution in [0.4, 0.5) is 4.39 Å². The predicted molar refractivity (Wildman–Crippen MR) is 115 cm³/mol. The fourth-order valence-electron chi connectivity index (χ4n) is 3.19. The van der Waals surface area contributed by atoms with E-state index in [9.17, 15) is 9.18 Å². The number of pyridine rings is 2. The molecular weight excluding hydrogens is 381 g/mol. The van der Waals surface area contributed by atoms with Gasteiger partial charge >= 0.3 is 0 Å². The maximum Gasteiger partial charge on any atom is 0.258 e. The Hall–Kier alpha value is -3.51. The molecule has 2 aromatic carbocycles. The lowest BCUT2D eigenvalue weighted by atomic mass is 10.1. The molecule has 30 heavy (non-hydrogen) atoms. The fraction of sp³-hybridized carbons (Fsp3) is 0.167. The summed E-state index contributed by atoms with van der Waals surface area (Å²) in [4.78, 5) is 17.1. The number of aromatic nitrogens is 2. The number of ether oxygens (including phenoxy) is 1. The van der Waals surface area contributed by atoms with E-state index in [0.717, 1.165) is 40.8 Å². The van der Waals surface area contributed by atoms with Crippen LogP contribution in [0, 0.1) is 5.82 Å². The number of hydrogen-bond acceptors (Lipinski definition) is 4. The summed E-state index contributed by atoms with van der Waals surface area (Å²) in [7, 11) is 0. The van der Waals surface area contributed by atoms with Crippen LogP contribution in [0.2, 0.25) is 0 Å².